The summed E-state index contributed by atoms with van der Waals surface area (Å²) in [5.41, 5.74) is 0.296. The van der Waals surface area contributed by atoms with E-state index in [-0.39, 0.29) is 10.7 Å². The maximum Gasteiger partial charge on any atom is 0.244 e. The molecule has 0 saturated carbocycles. The minimum atomic E-state index is -3.59. The van der Waals surface area contributed by atoms with Gasteiger partial charge in [-0.25, -0.2) is 8.42 Å². The first-order valence-electron chi connectivity index (χ1n) is 8.16. The van der Waals surface area contributed by atoms with Crippen molar-refractivity contribution in [2.45, 2.75) is 51.3 Å². The van der Waals surface area contributed by atoms with Gasteiger partial charge in [-0.2, -0.15) is 9.57 Å². The molecular formula is C17H25N3O3S. The lowest BCUT2D eigenvalue weighted by molar-refractivity contribution is -0.119. The summed E-state index contributed by atoms with van der Waals surface area (Å²) in [6.45, 7) is 8.30. The van der Waals surface area contributed by atoms with Crippen LogP contribution in [0.25, 0.3) is 0 Å². The van der Waals surface area contributed by atoms with Gasteiger partial charge < -0.3 is 0 Å². The first kappa shape index (κ1) is 20.3. The third-order valence-corrected chi connectivity index (χ3v) is 5.85. The first-order valence-corrected chi connectivity index (χ1v) is 9.60. The molecule has 0 aliphatic heterocycles. The Hall–Kier alpha value is -1.78. The number of hydrogen-bond donors (Lipinski definition) is 0. The Morgan fingerprint density at radius 2 is 1.92 bits per heavy atom. The summed E-state index contributed by atoms with van der Waals surface area (Å²) in [6.07, 6.45) is 2.26. The van der Waals surface area contributed by atoms with Gasteiger partial charge in [0.2, 0.25) is 10.0 Å². The largest absolute Gasteiger partial charge is 0.298 e. The Balaban J connectivity index is 3.01. The zero-order valence-corrected chi connectivity index (χ0v) is 15.5. The summed E-state index contributed by atoms with van der Waals surface area (Å²) in [4.78, 5) is 16.3. The number of rotatable bonds is 9. The van der Waals surface area contributed by atoms with E-state index >= 15 is 0 Å². The van der Waals surface area contributed by atoms with Crippen LogP contribution in [0.2, 0.25) is 0 Å². The number of nitrogens with zero attached hydrogens (tertiary/aromatic N) is 3. The summed E-state index contributed by atoms with van der Waals surface area (Å²) >= 11 is 0. The van der Waals surface area contributed by atoms with Gasteiger partial charge in [0.25, 0.3) is 0 Å². The van der Waals surface area contributed by atoms with Crippen LogP contribution in [0.5, 0.6) is 0 Å². The second-order valence-corrected chi connectivity index (χ2v) is 7.91. The molecule has 1 unspecified atom stereocenters. The molecule has 0 radical (unpaired) electrons. The van der Waals surface area contributed by atoms with E-state index < -0.39 is 15.9 Å². The summed E-state index contributed by atoms with van der Waals surface area (Å²) in [5, 5.41) is 9.27. The first-order chi connectivity index (χ1) is 11.3. The molecule has 0 saturated heterocycles. The molecule has 132 valence electrons. The standard InChI is InChI=1S/C17H25N3O3S/c1-5-20(6-2)24(22,23)14-8-9-16(19-12-14)15(11-18)17(21)10-7-13(3)4/h8-9,12-13,15H,5-7,10H2,1-4H3. The van der Waals surface area contributed by atoms with Crippen molar-refractivity contribution in [1.29, 1.82) is 5.26 Å². The number of ketones is 1. The summed E-state index contributed by atoms with van der Waals surface area (Å²) < 4.78 is 26.2. The Morgan fingerprint density at radius 3 is 2.33 bits per heavy atom. The number of hydrogen-bond acceptors (Lipinski definition) is 5. The highest BCUT2D eigenvalue weighted by atomic mass is 32.2. The van der Waals surface area contributed by atoms with E-state index in [9.17, 15) is 18.5 Å². The van der Waals surface area contributed by atoms with E-state index in [0.29, 0.717) is 37.5 Å². The molecule has 0 aliphatic rings. The zero-order valence-electron chi connectivity index (χ0n) is 14.7. The lowest BCUT2D eigenvalue weighted by atomic mass is 9.95. The van der Waals surface area contributed by atoms with Gasteiger partial charge in [-0.1, -0.05) is 27.7 Å². The second kappa shape index (κ2) is 8.90. The molecule has 0 fully saturated rings. The van der Waals surface area contributed by atoms with Crippen molar-refractivity contribution in [3.8, 4) is 6.07 Å². The molecule has 7 heteroatoms. The predicted molar refractivity (Wildman–Crippen MR) is 91.8 cm³/mol. The summed E-state index contributed by atoms with van der Waals surface area (Å²) in [5.74, 6) is -0.755. The van der Waals surface area contributed by atoms with Gasteiger partial charge in [0.15, 0.2) is 5.78 Å². The highest BCUT2D eigenvalue weighted by Gasteiger charge is 2.25. The average Bonchev–Trinajstić information content (AvgIpc) is 2.55. The van der Waals surface area contributed by atoms with Gasteiger partial charge in [-0.15, -0.1) is 0 Å². The maximum absolute atomic E-state index is 12.4. The third-order valence-electron chi connectivity index (χ3n) is 3.82. The molecule has 1 aromatic rings. The molecule has 1 aromatic heterocycles. The van der Waals surface area contributed by atoms with Crippen molar-refractivity contribution in [3.63, 3.8) is 0 Å². The molecule has 1 heterocycles. The lowest BCUT2D eigenvalue weighted by Gasteiger charge is -2.18. The molecule has 6 nitrogen and oxygen atoms in total. The average molecular weight is 351 g/mol. The lowest BCUT2D eigenvalue weighted by Crippen LogP contribution is -2.30. The molecule has 0 aromatic carbocycles. The summed E-state index contributed by atoms with van der Waals surface area (Å²) in [6, 6.07) is 4.84. The zero-order chi connectivity index (χ0) is 18.3. The van der Waals surface area contributed by atoms with E-state index in [1.807, 2.05) is 19.9 Å². The van der Waals surface area contributed by atoms with Crippen LogP contribution in [-0.4, -0.2) is 36.6 Å². The monoisotopic (exact) mass is 351 g/mol. The summed E-state index contributed by atoms with van der Waals surface area (Å²) in [7, 11) is -3.59. The topological polar surface area (TPSA) is 91.1 Å². The van der Waals surface area contributed by atoms with Crippen LogP contribution >= 0.6 is 0 Å². The number of sulfonamides is 1. The fraction of sp³-hybridized carbons (Fsp3) is 0.588. The van der Waals surface area contributed by atoms with Crippen molar-refractivity contribution >= 4 is 15.8 Å². The molecule has 0 spiro atoms. The van der Waals surface area contributed by atoms with Gasteiger partial charge in [-0.05, 0) is 24.5 Å². The number of aromatic nitrogens is 1. The van der Waals surface area contributed by atoms with Crippen LogP contribution < -0.4 is 0 Å². The number of carbonyl (C=O) groups excluding carboxylic acids is 1. The van der Waals surface area contributed by atoms with Gasteiger partial charge in [0.05, 0.1) is 11.8 Å². The predicted octanol–water partition coefficient (Wildman–Crippen LogP) is 2.72. The molecule has 0 bridgehead atoms. The molecule has 1 rings (SSSR count). The molecular weight excluding hydrogens is 326 g/mol. The van der Waals surface area contributed by atoms with Crippen molar-refractivity contribution in [2.75, 3.05) is 13.1 Å². The van der Waals surface area contributed by atoms with Gasteiger partial charge >= 0.3 is 0 Å². The number of pyridine rings is 1. The van der Waals surface area contributed by atoms with Gasteiger partial charge in [-0.3, -0.25) is 9.78 Å². The van der Waals surface area contributed by atoms with Crippen LogP contribution in [0.1, 0.15) is 52.1 Å². The maximum atomic E-state index is 12.4. The van der Waals surface area contributed by atoms with Crippen molar-refractivity contribution < 1.29 is 13.2 Å². The van der Waals surface area contributed by atoms with Crippen LogP contribution in [0.3, 0.4) is 0 Å². The van der Waals surface area contributed by atoms with Crippen molar-refractivity contribution in [2.24, 2.45) is 5.92 Å². The van der Waals surface area contributed by atoms with Crippen LogP contribution in [0.15, 0.2) is 23.2 Å². The van der Waals surface area contributed by atoms with Crippen LogP contribution in [-0.2, 0) is 14.8 Å². The van der Waals surface area contributed by atoms with E-state index in [4.69, 9.17) is 0 Å². The van der Waals surface area contributed by atoms with Crippen molar-refractivity contribution in [3.05, 3.63) is 24.0 Å². The second-order valence-electron chi connectivity index (χ2n) is 5.97. The van der Waals surface area contributed by atoms with Crippen molar-refractivity contribution in [1.82, 2.24) is 9.29 Å². The molecule has 0 amide bonds. The Bertz CT molecular complexity index is 687. The number of Topliss-reactive ketones (excluding diaryl/α,β-unsaturated/α-hetero) is 1. The normalized spacial score (nSPS) is 13.0. The van der Waals surface area contributed by atoms with Gasteiger partial charge in [0, 0.05) is 25.7 Å². The van der Waals surface area contributed by atoms with E-state index in [1.165, 1.54) is 22.6 Å². The molecule has 0 N–H and O–H groups in total. The van der Waals surface area contributed by atoms with E-state index in [1.54, 1.807) is 13.8 Å². The van der Waals surface area contributed by atoms with Crippen LogP contribution in [0.4, 0.5) is 0 Å². The molecule has 24 heavy (non-hydrogen) atoms. The molecule has 0 aliphatic carbocycles. The van der Waals surface area contributed by atoms with E-state index in [0.717, 1.165) is 0 Å². The quantitative estimate of drug-likeness (QED) is 0.682. The highest BCUT2D eigenvalue weighted by molar-refractivity contribution is 7.89. The Kier molecular flexibility index (Phi) is 7.52. The fourth-order valence-electron chi connectivity index (χ4n) is 2.31. The minimum absolute atomic E-state index is 0.0706. The van der Waals surface area contributed by atoms with Crippen LogP contribution in [0, 0.1) is 17.2 Å². The smallest absolute Gasteiger partial charge is 0.244 e. The number of carbonyl (C=O) groups is 1. The third kappa shape index (κ3) is 4.86. The van der Waals surface area contributed by atoms with Gasteiger partial charge in [0.1, 0.15) is 10.8 Å². The minimum Gasteiger partial charge on any atom is -0.298 e. The Morgan fingerprint density at radius 1 is 1.29 bits per heavy atom. The van der Waals surface area contributed by atoms with E-state index in [2.05, 4.69) is 4.98 Å². The SMILES string of the molecule is CCN(CC)S(=O)(=O)c1ccc(C(C#N)C(=O)CCC(C)C)nc1. The highest BCUT2D eigenvalue weighted by Crippen LogP contribution is 2.21. The number of nitriles is 1. The fourth-order valence-corrected chi connectivity index (χ4v) is 3.71. The Labute approximate surface area is 144 Å². The molecule has 1 atom stereocenters.